The van der Waals surface area contributed by atoms with Gasteiger partial charge in [0.2, 0.25) is 0 Å². The first-order valence-corrected chi connectivity index (χ1v) is 6.65. The van der Waals surface area contributed by atoms with E-state index in [1.54, 1.807) is 11.8 Å². The fourth-order valence-electron chi connectivity index (χ4n) is 1.12. The van der Waals surface area contributed by atoms with E-state index in [-0.39, 0.29) is 5.41 Å². The van der Waals surface area contributed by atoms with Gasteiger partial charge in [-0.15, -0.1) is 11.8 Å². The summed E-state index contributed by atoms with van der Waals surface area (Å²) in [5, 5.41) is 0.999. The van der Waals surface area contributed by atoms with E-state index in [0.29, 0.717) is 0 Å². The molecule has 0 heterocycles. The minimum absolute atomic E-state index is 0.233. The van der Waals surface area contributed by atoms with Crippen LogP contribution in [0.1, 0.15) is 19.4 Å². The predicted octanol–water partition coefficient (Wildman–Crippen LogP) is 4.08. The first kappa shape index (κ1) is 11.1. The number of hydrogen-bond acceptors (Lipinski definition) is 1. The fourth-order valence-corrected chi connectivity index (χ4v) is 1.85. The van der Waals surface area contributed by atoms with Gasteiger partial charge in [-0.05, 0) is 29.4 Å². The van der Waals surface area contributed by atoms with Gasteiger partial charge in [0.1, 0.15) is 0 Å². The van der Waals surface area contributed by atoms with E-state index in [9.17, 15) is 0 Å². The zero-order valence-corrected chi connectivity index (χ0v) is 10.7. The molecule has 0 N–H and O–H groups in total. The molecule has 0 aliphatic carbocycles. The van der Waals surface area contributed by atoms with Crippen molar-refractivity contribution in [3.8, 4) is 0 Å². The van der Waals surface area contributed by atoms with Crippen LogP contribution in [0.2, 0.25) is 0 Å². The summed E-state index contributed by atoms with van der Waals surface area (Å²) in [5.74, 6) is 0. The first-order chi connectivity index (χ1) is 6.10. The lowest BCUT2D eigenvalue weighted by Crippen LogP contribution is -2.18. The molecule has 0 saturated heterocycles. The van der Waals surface area contributed by atoms with E-state index in [4.69, 9.17) is 0 Å². The normalized spacial score (nSPS) is 11.7. The monoisotopic (exact) mass is 258 g/mol. The van der Waals surface area contributed by atoms with Crippen LogP contribution in [0.3, 0.4) is 0 Å². The molecule has 2 heteroatoms. The van der Waals surface area contributed by atoms with Crippen molar-refractivity contribution >= 4 is 27.7 Å². The quantitative estimate of drug-likeness (QED) is 0.582. The molecule has 0 aliphatic heterocycles. The summed E-state index contributed by atoms with van der Waals surface area (Å²) in [6.07, 6.45) is 2.10. The van der Waals surface area contributed by atoms with Crippen molar-refractivity contribution in [1.82, 2.24) is 0 Å². The summed E-state index contributed by atoms with van der Waals surface area (Å²) in [6, 6.07) is 8.80. The minimum Gasteiger partial charge on any atom is -0.130 e. The summed E-state index contributed by atoms with van der Waals surface area (Å²) in [7, 11) is 0. The van der Waals surface area contributed by atoms with Gasteiger partial charge in [0, 0.05) is 10.2 Å². The van der Waals surface area contributed by atoms with E-state index in [2.05, 4.69) is 60.3 Å². The van der Waals surface area contributed by atoms with Crippen molar-refractivity contribution in [3.63, 3.8) is 0 Å². The Bertz CT molecular complexity index is 264. The van der Waals surface area contributed by atoms with Crippen molar-refractivity contribution in [3.05, 3.63) is 29.8 Å². The Hall–Kier alpha value is 0.0500. The molecule has 0 atom stereocenters. The molecule has 0 aromatic heterocycles. The molecular formula is C11H15BrS. The lowest BCUT2D eigenvalue weighted by molar-refractivity contribution is 0.606. The molecule has 1 aromatic rings. The van der Waals surface area contributed by atoms with Crippen LogP contribution in [-0.4, -0.2) is 11.6 Å². The molecule has 72 valence electrons. The van der Waals surface area contributed by atoms with Crippen LogP contribution in [0, 0.1) is 0 Å². The predicted molar refractivity (Wildman–Crippen MR) is 65.0 cm³/mol. The van der Waals surface area contributed by atoms with Gasteiger partial charge in [-0.3, -0.25) is 0 Å². The summed E-state index contributed by atoms with van der Waals surface area (Å²) < 4.78 is 0. The third-order valence-corrected chi connectivity index (χ3v) is 4.35. The van der Waals surface area contributed by atoms with Gasteiger partial charge in [0.05, 0.1) is 0 Å². The third-order valence-electron chi connectivity index (χ3n) is 2.21. The smallest absolute Gasteiger partial charge is 0.0123 e. The molecule has 0 spiro atoms. The number of thioether (sulfide) groups is 1. The van der Waals surface area contributed by atoms with Crippen molar-refractivity contribution in [1.29, 1.82) is 0 Å². The Morgan fingerprint density at radius 1 is 1.23 bits per heavy atom. The molecule has 0 saturated carbocycles. The topological polar surface area (TPSA) is 0 Å². The van der Waals surface area contributed by atoms with E-state index in [1.165, 1.54) is 10.5 Å². The van der Waals surface area contributed by atoms with Gasteiger partial charge in [-0.2, -0.15) is 0 Å². The van der Waals surface area contributed by atoms with E-state index in [0.717, 1.165) is 5.33 Å². The van der Waals surface area contributed by atoms with Gasteiger partial charge in [-0.1, -0.05) is 41.9 Å². The van der Waals surface area contributed by atoms with Crippen LogP contribution >= 0.6 is 27.7 Å². The van der Waals surface area contributed by atoms with E-state index in [1.807, 2.05) is 0 Å². The van der Waals surface area contributed by atoms with Gasteiger partial charge in [0.25, 0.3) is 0 Å². The summed E-state index contributed by atoms with van der Waals surface area (Å²) >= 11 is 5.32. The van der Waals surface area contributed by atoms with Gasteiger partial charge >= 0.3 is 0 Å². The number of hydrogen-bond donors (Lipinski definition) is 0. The second-order valence-corrected chi connectivity index (χ2v) is 5.19. The third kappa shape index (κ3) is 2.75. The van der Waals surface area contributed by atoms with Crippen LogP contribution in [0.15, 0.2) is 29.2 Å². The van der Waals surface area contributed by atoms with Crippen molar-refractivity contribution in [2.75, 3.05) is 11.6 Å². The average molecular weight is 259 g/mol. The number of benzene rings is 1. The van der Waals surface area contributed by atoms with Crippen LogP contribution in [0.5, 0.6) is 0 Å². The van der Waals surface area contributed by atoms with Crippen molar-refractivity contribution < 1.29 is 0 Å². The first-order valence-electron chi connectivity index (χ1n) is 4.30. The highest BCUT2D eigenvalue weighted by atomic mass is 79.9. The summed E-state index contributed by atoms with van der Waals surface area (Å²) in [4.78, 5) is 1.33. The van der Waals surface area contributed by atoms with Crippen molar-refractivity contribution in [2.45, 2.75) is 24.2 Å². The number of alkyl halides is 1. The van der Waals surface area contributed by atoms with E-state index >= 15 is 0 Å². The van der Waals surface area contributed by atoms with Crippen LogP contribution in [-0.2, 0) is 5.41 Å². The number of halogens is 1. The Morgan fingerprint density at radius 2 is 1.77 bits per heavy atom. The van der Waals surface area contributed by atoms with Crippen LogP contribution in [0.25, 0.3) is 0 Å². The Balaban J connectivity index is 2.92. The lowest BCUT2D eigenvalue weighted by Gasteiger charge is -2.22. The highest BCUT2D eigenvalue weighted by molar-refractivity contribution is 9.09. The Kier molecular flexibility index (Phi) is 3.87. The molecular weight excluding hydrogens is 244 g/mol. The lowest BCUT2D eigenvalue weighted by atomic mass is 9.87. The van der Waals surface area contributed by atoms with Crippen molar-refractivity contribution in [2.24, 2.45) is 0 Å². The molecule has 0 radical (unpaired) electrons. The van der Waals surface area contributed by atoms with Gasteiger partial charge < -0.3 is 0 Å². The second-order valence-electron chi connectivity index (χ2n) is 3.75. The SMILES string of the molecule is CSc1ccc(C(C)(C)CBr)cc1. The van der Waals surface area contributed by atoms with Crippen LogP contribution in [0.4, 0.5) is 0 Å². The molecule has 0 amide bonds. The molecule has 1 rings (SSSR count). The maximum absolute atomic E-state index is 3.54. The minimum atomic E-state index is 0.233. The largest absolute Gasteiger partial charge is 0.130 e. The molecule has 0 unspecified atom stereocenters. The van der Waals surface area contributed by atoms with Gasteiger partial charge in [0.15, 0.2) is 0 Å². The fraction of sp³-hybridized carbons (Fsp3) is 0.455. The zero-order valence-electron chi connectivity index (χ0n) is 8.30. The highest BCUT2D eigenvalue weighted by Crippen LogP contribution is 2.26. The zero-order chi connectivity index (χ0) is 9.90. The summed E-state index contributed by atoms with van der Waals surface area (Å²) in [5.41, 5.74) is 1.62. The van der Waals surface area contributed by atoms with Gasteiger partial charge in [-0.25, -0.2) is 0 Å². The average Bonchev–Trinajstić information content (AvgIpc) is 2.18. The summed E-state index contributed by atoms with van der Waals surface area (Å²) in [6.45, 7) is 4.49. The Labute approximate surface area is 93.2 Å². The second kappa shape index (κ2) is 4.52. The van der Waals surface area contributed by atoms with E-state index < -0.39 is 0 Å². The maximum Gasteiger partial charge on any atom is 0.0123 e. The number of rotatable bonds is 3. The molecule has 0 nitrogen and oxygen atoms in total. The molecule has 0 bridgehead atoms. The molecule has 0 fully saturated rings. The Morgan fingerprint density at radius 3 is 2.15 bits per heavy atom. The maximum atomic E-state index is 3.54. The molecule has 13 heavy (non-hydrogen) atoms. The molecule has 1 aromatic carbocycles. The standard InChI is InChI=1S/C11H15BrS/c1-11(2,8-12)9-4-6-10(13-3)7-5-9/h4-7H,8H2,1-3H3. The van der Waals surface area contributed by atoms with Crippen LogP contribution < -0.4 is 0 Å². The molecule has 0 aliphatic rings. The highest BCUT2D eigenvalue weighted by Gasteiger charge is 2.18.